The van der Waals surface area contributed by atoms with Crippen LogP contribution in [0.4, 0.5) is 5.13 Å². The van der Waals surface area contributed by atoms with Crippen LogP contribution >= 0.6 is 11.3 Å². The van der Waals surface area contributed by atoms with E-state index >= 15 is 0 Å². The van der Waals surface area contributed by atoms with Crippen LogP contribution in [0.2, 0.25) is 0 Å². The molecule has 5 nitrogen and oxygen atoms in total. The van der Waals surface area contributed by atoms with Crippen molar-refractivity contribution in [2.24, 2.45) is 0 Å². The van der Waals surface area contributed by atoms with Gasteiger partial charge in [0.05, 0.1) is 11.5 Å². The molecule has 0 spiro atoms. The first-order chi connectivity index (χ1) is 9.16. The summed E-state index contributed by atoms with van der Waals surface area (Å²) in [5.74, 6) is 0.453. The van der Waals surface area contributed by atoms with Gasteiger partial charge in [-0.25, -0.2) is 13.4 Å². The van der Waals surface area contributed by atoms with Gasteiger partial charge in [0, 0.05) is 35.7 Å². The summed E-state index contributed by atoms with van der Waals surface area (Å²) < 4.78 is 23.2. The summed E-state index contributed by atoms with van der Waals surface area (Å²) in [6.07, 6.45) is 1.88. The van der Waals surface area contributed by atoms with Crippen LogP contribution in [0.15, 0.2) is 6.20 Å². The second-order valence-electron chi connectivity index (χ2n) is 6.37. The average Bonchev–Trinajstić information content (AvgIpc) is 2.72. The number of anilines is 1. The molecule has 0 bridgehead atoms. The third-order valence-corrected chi connectivity index (χ3v) is 6.08. The van der Waals surface area contributed by atoms with E-state index in [1.54, 1.807) is 11.3 Å². The molecule has 2 heterocycles. The molecule has 0 aliphatic carbocycles. The van der Waals surface area contributed by atoms with Gasteiger partial charge in [0.15, 0.2) is 15.0 Å². The van der Waals surface area contributed by atoms with E-state index in [2.05, 4.69) is 36.0 Å². The van der Waals surface area contributed by atoms with Crippen molar-refractivity contribution in [3.8, 4) is 0 Å². The minimum absolute atomic E-state index is 0.00308. The first kappa shape index (κ1) is 15.7. The lowest BCUT2D eigenvalue weighted by atomic mass is 10.1. The van der Waals surface area contributed by atoms with Crippen LogP contribution in [0.25, 0.3) is 0 Å². The summed E-state index contributed by atoms with van der Waals surface area (Å²) in [6, 6.07) is 0.00308. The molecule has 1 fully saturated rings. The van der Waals surface area contributed by atoms with E-state index in [0.29, 0.717) is 6.54 Å². The molecule has 1 unspecified atom stereocenters. The van der Waals surface area contributed by atoms with Crippen molar-refractivity contribution in [3.63, 3.8) is 0 Å². The van der Waals surface area contributed by atoms with Crippen molar-refractivity contribution in [1.82, 2.24) is 10.3 Å². The molecule has 0 amide bonds. The Hall–Kier alpha value is -0.660. The highest BCUT2D eigenvalue weighted by atomic mass is 32.2. The molecule has 7 heteroatoms. The van der Waals surface area contributed by atoms with Crippen LogP contribution in [0, 0.1) is 0 Å². The molecule has 1 aliphatic heterocycles. The zero-order chi connectivity index (χ0) is 15.0. The van der Waals surface area contributed by atoms with Crippen molar-refractivity contribution in [1.29, 1.82) is 0 Å². The van der Waals surface area contributed by atoms with E-state index in [-0.39, 0.29) is 23.1 Å². The van der Waals surface area contributed by atoms with Gasteiger partial charge in [0.2, 0.25) is 0 Å². The average molecular weight is 317 g/mol. The Labute approximate surface area is 125 Å². The molecule has 1 aliphatic rings. The summed E-state index contributed by atoms with van der Waals surface area (Å²) in [5, 5.41) is 4.36. The summed E-state index contributed by atoms with van der Waals surface area (Å²) >= 11 is 1.64. The number of aromatic nitrogens is 1. The number of hydrogen-bond donors (Lipinski definition) is 1. The highest BCUT2D eigenvalue weighted by Gasteiger charge is 2.29. The van der Waals surface area contributed by atoms with E-state index in [0.717, 1.165) is 11.7 Å². The quantitative estimate of drug-likeness (QED) is 0.918. The van der Waals surface area contributed by atoms with Crippen molar-refractivity contribution in [2.75, 3.05) is 23.0 Å². The fourth-order valence-electron chi connectivity index (χ4n) is 2.15. The molecular formula is C13H23N3O2S2. The molecule has 0 radical (unpaired) electrons. The fraction of sp³-hybridized carbons (Fsp3) is 0.769. The highest BCUT2D eigenvalue weighted by Crippen LogP contribution is 2.27. The first-order valence-corrected chi connectivity index (χ1v) is 9.47. The zero-order valence-electron chi connectivity index (χ0n) is 12.5. The van der Waals surface area contributed by atoms with E-state index < -0.39 is 9.84 Å². The number of sulfone groups is 1. The lowest BCUT2D eigenvalue weighted by Gasteiger charge is -2.32. The topological polar surface area (TPSA) is 62.3 Å². The minimum Gasteiger partial charge on any atom is -0.343 e. The lowest BCUT2D eigenvalue weighted by molar-refractivity contribution is 0.426. The number of nitrogens with one attached hydrogen (secondary N) is 1. The normalized spacial score (nSPS) is 23.0. The van der Waals surface area contributed by atoms with Gasteiger partial charge in [-0.05, 0) is 27.7 Å². The molecule has 1 N–H and O–H groups in total. The summed E-state index contributed by atoms with van der Waals surface area (Å²) in [6.45, 7) is 9.68. The first-order valence-electron chi connectivity index (χ1n) is 6.83. The summed E-state index contributed by atoms with van der Waals surface area (Å²) in [5.41, 5.74) is 0.0800. The molecule has 1 saturated heterocycles. The maximum atomic E-state index is 11.6. The van der Waals surface area contributed by atoms with Crippen LogP contribution in [-0.4, -0.2) is 43.0 Å². The van der Waals surface area contributed by atoms with Gasteiger partial charge in [0.25, 0.3) is 0 Å². The van der Waals surface area contributed by atoms with Crippen molar-refractivity contribution < 1.29 is 8.42 Å². The fourth-order valence-corrected chi connectivity index (χ4v) is 4.68. The second-order valence-corrected chi connectivity index (χ2v) is 9.69. The van der Waals surface area contributed by atoms with Crippen molar-refractivity contribution in [2.45, 2.75) is 45.8 Å². The highest BCUT2D eigenvalue weighted by molar-refractivity contribution is 7.91. The van der Waals surface area contributed by atoms with E-state index in [4.69, 9.17) is 0 Å². The van der Waals surface area contributed by atoms with Crippen LogP contribution in [-0.2, 0) is 16.4 Å². The molecular weight excluding hydrogens is 294 g/mol. The Balaban J connectivity index is 2.02. The number of nitrogens with zero attached hydrogens (tertiary/aromatic N) is 2. The Morgan fingerprint density at radius 3 is 2.80 bits per heavy atom. The van der Waals surface area contributed by atoms with Gasteiger partial charge < -0.3 is 10.2 Å². The molecule has 1 aromatic heterocycles. The van der Waals surface area contributed by atoms with E-state index in [9.17, 15) is 8.42 Å². The largest absolute Gasteiger partial charge is 0.343 e. The molecule has 0 aromatic carbocycles. The number of hydrogen-bond acceptors (Lipinski definition) is 6. The molecule has 114 valence electrons. The van der Waals surface area contributed by atoms with Gasteiger partial charge in [-0.1, -0.05) is 0 Å². The van der Waals surface area contributed by atoms with Crippen molar-refractivity contribution >= 4 is 26.3 Å². The smallest absolute Gasteiger partial charge is 0.185 e. The number of thiazole rings is 1. The zero-order valence-corrected chi connectivity index (χ0v) is 14.1. The Kier molecular flexibility index (Phi) is 4.41. The monoisotopic (exact) mass is 317 g/mol. The summed E-state index contributed by atoms with van der Waals surface area (Å²) in [4.78, 5) is 7.73. The molecule has 2 rings (SSSR count). The molecule has 1 aromatic rings. The van der Waals surface area contributed by atoms with Gasteiger partial charge in [-0.15, -0.1) is 11.3 Å². The van der Waals surface area contributed by atoms with E-state index in [1.165, 1.54) is 4.88 Å². The van der Waals surface area contributed by atoms with Gasteiger partial charge in [0.1, 0.15) is 0 Å². The maximum Gasteiger partial charge on any atom is 0.185 e. The van der Waals surface area contributed by atoms with E-state index in [1.807, 2.05) is 13.1 Å². The van der Waals surface area contributed by atoms with Crippen LogP contribution in [0.5, 0.6) is 0 Å². The van der Waals surface area contributed by atoms with Crippen LogP contribution < -0.4 is 10.2 Å². The third kappa shape index (κ3) is 4.17. The second kappa shape index (κ2) is 5.61. The Morgan fingerprint density at radius 1 is 1.50 bits per heavy atom. The third-order valence-electron chi connectivity index (χ3n) is 3.25. The predicted octanol–water partition coefficient (Wildman–Crippen LogP) is 1.65. The Bertz CT molecular complexity index is 560. The summed E-state index contributed by atoms with van der Waals surface area (Å²) in [7, 11) is -2.87. The Morgan fingerprint density at radius 2 is 2.20 bits per heavy atom. The molecule has 20 heavy (non-hydrogen) atoms. The lowest BCUT2D eigenvalue weighted by Crippen LogP contribution is -2.46. The molecule has 1 atom stereocenters. The van der Waals surface area contributed by atoms with Gasteiger partial charge in [-0.2, -0.15) is 0 Å². The van der Waals surface area contributed by atoms with Gasteiger partial charge in [-0.3, -0.25) is 0 Å². The van der Waals surface area contributed by atoms with Crippen molar-refractivity contribution in [3.05, 3.63) is 11.1 Å². The standard InChI is InChI=1S/C13H23N3O2S2/c1-10-9-20(17,18)6-5-16(10)12-14-7-11(19-12)8-15-13(2,3)4/h7,10,15H,5-6,8-9H2,1-4H3. The SMILES string of the molecule is CC1CS(=O)(=O)CCN1c1ncc(CNC(C)(C)C)s1. The minimum atomic E-state index is -2.87. The predicted molar refractivity (Wildman–Crippen MR) is 84.2 cm³/mol. The maximum absolute atomic E-state index is 11.6. The number of rotatable bonds is 3. The molecule has 0 saturated carbocycles. The van der Waals surface area contributed by atoms with Gasteiger partial charge >= 0.3 is 0 Å². The van der Waals surface area contributed by atoms with Crippen LogP contribution in [0.1, 0.15) is 32.6 Å². The van der Waals surface area contributed by atoms with Crippen LogP contribution in [0.3, 0.4) is 0 Å².